The van der Waals surface area contributed by atoms with Crippen LogP contribution in [0.5, 0.6) is 0 Å². The van der Waals surface area contributed by atoms with E-state index in [9.17, 15) is 9.59 Å². The third-order valence-electron chi connectivity index (χ3n) is 8.50. The van der Waals surface area contributed by atoms with Crippen LogP contribution in [0.1, 0.15) is 39.9 Å². The topological polar surface area (TPSA) is 94.8 Å². The number of hydrogen-bond donors (Lipinski definition) is 2. The third kappa shape index (κ3) is 7.15. The molecule has 2 heterocycles. The van der Waals surface area contributed by atoms with Gasteiger partial charge in [-0.3, -0.25) is 14.6 Å². The van der Waals surface area contributed by atoms with Crippen molar-refractivity contribution in [2.45, 2.75) is 32.5 Å². The van der Waals surface area contributed by atoms with E-state index in [4.69, 9.17) is 5.73 Å². The van der Waals surface area contributed by atoms with Crippen LogP contribution in [0.15, 0.2) is 91.3 Å². The van der Waals surface area contributed by atoms with Gasteiger partial charge in [0.25, 0.3) is 5.91 Å². The van der Waals surface area contributed by atoms with E-state index in [1.165, 1.54) is 0 Å². The lowest BCUT2D eigenvalue weighted by atomic mass is 10.0. The van der Waals surface area contributed by atoms with Crippen LogP contribution in [0, 0.1) is 5.92 Å². The van der Waals surface area contributed by atoms with Crippen molar-refractivity contribution in [1.82, 2.24) is 14.8 Å². The molecular weight excluding hydrogens is 548 g/mol. The first kappa shape index (κ1) is 29.5. The first-order valence-corrected chi connectivity index (χ1v) is 15.4. The highest BCUT2D eigenvalue weighted by molar-refractivity contribution is 6.06. The predicted octanol–water partition coefficient (Wildman–Crippen LogP) is 5.15. The molecule has 0 atom stereocenters. The van der Waals surface area contributed by atoms with E-state index >= 15 is 0 Å². The molecule has 6 rings (SSSR count). The monoisotopic (exact) mass is 588 g/mol. The number of hydrogen-bond acceptors (Lipinski definition) is 6. The summed E-state index contributed by atoms with van der Waals surface area (Å²) < 4.78 is 0. The van der Waals surface area contributed by atoms with Crippen molar-refractivity contribution in [2.24, 2.45) is 11.7 Å². The Morgan fingerprint density at radius 1 is 0.841 bits per heavy atom. The van der Waals surface area contributed by atoms with Gasteiger partial charge >= 0.3 is 0 Å². The van der Waals surface area contributed by atoms with Gasteiger partial charge in [0.1, 0.15) is 0 Å². The number of carbonyl (C=O) groups excluding carboxylic acids is 2. The number of piperazine rings is 1. The van der Waals surface area contributed by atoms with Gasteiger partial charge in [-0.15, -0.1) is 0 Å². The van der Waals surface area contributed by atoms with E-state index in [2.05, 4.69) is 75.7 Å². The Morgan fingerprint density at radius 3 is 2.20 bits per heavy atom. The zero-order valence-electron chi connectivity index (χ0n) is 25.3. The van der Waals surface area contributed by atoms with Gasteiger partial charge in [-0.2, -0.15) is 0 Å². The van der Waals surface area contributed by atoms with E-state index in [1.807, 2.05) is 23.1 Å². The van der Waals surface area contributed by atoms with E-state index in [-0.39, 0.29) is 17.7 Å². The summed E-state index contributed by atoms with van der Waals surface area (Å²) in [5.74, 6) is 0.178. The van der Waals surface area contributed by atoms with Crippen molar-refractivity contribution in [3.8, 4) is 11.1 Å². The molecule has 44 heavy (non-hydrogen) atoms. The second-order valence-corrected chi connectivity index (χ2v) is 11.9. The molecule has 0 bridgehead atoms. The Bertz CT molecular complexity index is 1610. The Morgan fingerprint density at radius 2 is 1.50 bits per heavy atom. The molecule has 0 spiro atoms. The molecule has 4 aromatic rings. The van der Waals surface area contributed by atoms with Crippen LogP contribution in [-0.4, -0.2) is 59.8 Å². The number of nitrogens with two attached hydrogens (primary N) is 1. The Labute approximate surface area is 259 Å². The standard InChI is InChI=1S/C36H40N6O2/c1-40-16-18-41(19-17-40)34-11-10-32(22-33(34)39-35(43)29-12-14-38-15-13-29)31-7-3-6-28(21-31)25-42(36(44)30-8-9-30)24-27-5-2-4-26(20-27)23-37/h2-7,10-15,20-22,30H,8-9,16-19,23-25,37H2,1H3,(H,39,43). The predicted molar refractivity (Wildman–Crippen MR) is 175 cm³/mol. The summed E-state index contributed by atoms with van der Waals surface area (Å²) in [5.41, 5.74) is 13.5. The summed E-state index contributed by atoms with van der Waals surface area (Å²) in [5, 5.41) is 3.18. The van der Waals surface area contributed by atoms with Gasteiger partial charge in [0, 0.05) is 69.7 Å². The summed E-state index contributed by atoms with van der Waals surface area (Å²) in [6, 6.07) is 26.3. The molecule has 8 nitrogen and oxygen atoms in total. The van der Waals surface area contributed by atoms with Gasteiger partial charge in [-0.1, -0.05) is 48.5 Å². The number of likely N-dealkylation sites (N-methyl/N-ethyl adjacent to an activating group) is 1. The average molecular weight is 589 g/mol. The summed E-state index contributed by atoms with van der Waals surface area (Å²) >= 11 is 0. The van der Waals surface area contributed by atoms with Crippen LogP contribution in [-0.2, 0) is 24.4 Å². The fourth-order valence-corrected chi connectivity index (χ4v) is 5.78. The number of aromatic nitrogens is 1. The van der Waals surface area contributed by atoms with Crippen LogP contribution in [0.3, 0.4) is 0 Å². The number of nitrogens with zero attached hydrogens (tertiary/aromatic N) is 4. The van der Waals surface area contributed by atoms with Crippen molar-refractivity contribution in [1.29, 1.82) is 0 Å². The van der Waals surface area contributed by atoms with Crippen LogP contribution in [0.4, 0.5) is 11.4 Å². The molecule has 2 fully saturated rings. The summed E-state index contributed by atoms with van der Waals surface area (Å²) in [6.45, 7) is 5.28. The highest BCUT2D eigenvalue weighted by atomic mass is 16.2. The quantitative estimate of drug-likeness (QED) is 0.266. The summed E-state index contributed by atoms with van der Waals surface area (Å²) in [6.07, 6.45) is 5.19. The largest absolute Gasteiger partial charge is 0.367 e. The van der Waals surface area contributed by atoms with Crippen LogP contribution in [0.25, 0.3) is 11.1 Å². The molecule has 2 aliphatic rings. The number of pyridine rings is 1. The normalized spacial score (nSPS) is 15.2. The molecule has 226 valence electrons. The first-order chi connectivity index (χ1) is 21.5. The molecule has 8 heteroatoms. The fraction of sp³-hybridized carbons (Fsp3) is 0.306. The highest BCUT2D eigenvalue weighted by Gasteiger charge is 2.33. The zero-order valence-corrected chi connectivity index (χ0v) is 25.3. The molecule has 3 N–H and O–H groups in total. The first-order valence-electron chi connectivity index (χ1n) is 15.4. The van der Waals surface area contributed by atoms with Crippen LogP contribution >= 0.6 is 0 Å². The molecular formula is C36H40N6O2. The molecule has 1 saturated heterocycles. The van der Waals surface area contributed by atoms with Gasteiger partial charge in [0.2, 0.25) is 5.91 Å². The van der Waals surface area contributed by atoms with Gasteiger partial charge in [-0.25, -0.2) is 0 Å². The highest BCUT2D eigenvalue weighted by Crippen LogP contribution is 2.34. The molecule has 2 amide bonds. The van der Waals surface area contributed by atoms with E-state index < -0.39 is 0 Å². The van der Waals surface area contributed by atoms with Crippen molar-refractivity contribution >= 4 is 23.2 Å². The summed E-state index contributed by atoms with van der Waals surface area (Å²) in [4.78, 5) is 37.3. The molecule has 0 unspecified atom stereocenters. The summed E-state index contributed by atoms with van der Waals surface area (Å²) in [7, 11) is 2.14. The van der Waals surface area contributed by atoms with Crippen molar-refractivity contribution in [2.75, 3.05) is 43.4 Å². The van der Waals surface area contributed by atoms with E-state index in [0.29, 0.717) is 25.2 Å². The van der Waals surface area contributed by atoms with Gasteiger partial charge in [0.15, 0.2) is 0 Å². The third-order valence-corrected chi connectivity index (χ3v) is 8.50. The van der Waals surface area contributed by atoms with Gasteiger partial charge in [0.05, 0.1) is 11.4 Å². The second kappa shape index (κ2) is 13.4. The Kier molecular flexibility index (Phi) is 9.00. The van der Waals surface area contributed by atoms with Crippen LogP contribution in [0.2, 0.25) is 0 Å². The van der Waals surface area contributed by atoms with Crippen molar-refractivity contribution in [3.05, 3.63) is 114 Å². The number of carbonyl (C=O) groups is 2. The number of anilines is 2. The lowest BCUT2D eigenvalue weighted by molar-refractivity contribution is -0.133. The van der Waals surface area contributed by atoms with Crippen molar-refractivity contribution in [3.63, 3.8) is 0 Å². The Balaban J connectivity index is 1.27. The number of nitrogens with one attached hydrogen (secondary N) is 1. The zero-order chi connectivity index (χ0) is 30.5. The van der Waals surface area contributed by atoms with E-state index in [1.54, 1.807) is 24.5 Å². The number of benzene rings is 3. The Hall–Kier alpha value is -4.53. The molecule has 1 aliphatic heterocycles. The minimum absolute atomic E-state index is 0.129. The number of amides is 2. The maximum Gasteiger partial charge on any atom is 0.255 e. The molecule has 3 aromatic carbocycles. The minimum atomic E-state index is -0.165. The minimum Gasteiger partial charge on any atom is -0.367 e. The molecule has 1 saturated carbocycles. The van der Waals surface area contributed by atoms with Crippen molar-refractivity contribution < 1.29 is 9.59 Å². The molecule has 1 aliphatic carbocycles. The average Bonchev–Trinajstić information content (AvgIpc) is 3.91. The lowest BCUT2D eigenvalue weighted by Crippen LogP contribution is -2.44. The molecule has 1 aromatic heterocycles. The maximum absolute atomic E-state index is 13.3. The maximum atomic E-state index is 13.3. The fourth-order valence-electron chi connectivity index (χ4n) is 5.78. The lowest BCUT2D eigenvalue weighted by Gasteiger charge is -2.35. The SMILES string of the molecule is CN1CCN(c2ccc(-c3cccc(CN(Cc4cccc(CN)c4)C(=O)C4CC4)c3)cc2NC(=O)c2ccncc2)CC1. The second-order valence-electron chi connectivity index (χ2n) is 11.9. The molecule has 0 radical (unpaired) electrons. The smallest absolute Gasteiger partial charge is 0.255 e. The van der Waals surface area contributed by atoms with Gasteiger partial charge < -0.3 is 25.8 Å². The number of rotatable bonds is 10. The van der Waals surface area contributed by atoms with Gasteiger partial charge in [-0.05, 0) is 78.0 Å². The van der Waals surface area contributed by atoms with E-state index in [0.717, 1.165) is 78.2 Å². The van der Waals surface area contributed by atoms with Crippen LogP contribution < -0.4 is 16.0 Å².